The highest BCUT2D eigenvalue weighted by molar-refractivity contribution is 6.07. The maximum absolute atomic E-state index is 12.4. The molecule has 0 aliphatic heterocycles. The van der Waals surface area contributed by atoms with E-state index in [1.807, 2.05) is 24.3 Å². The molecule has 1 aromatic heterocycles. The molecule has 1 aliphatic rings. The zero-order valence-electron chi connectivity index (χ0n) is 11.6. The van der Waals surface area contributed by atoms with Crippen LogP contribution in [-0.2, 0) is 4.79 Å². The van der Waals surface area contributed by atoms with Crippen molar-refractivity contribution in [3.8, 4) is 0 Å². The minimum atomic E-state index is -0.600. The van der Waals surface area contributed by atoms with Gasteiger partial charge in [-0.3, -0.25) is 14.6 Å². The highest BCUT2D eigenvalue weighted by Crippen LogP contribution is 2.33. The molecule has 1 aromatic carbocycles. The molecule has 2 aromatic rings. The first-order chi connectivity index (χ1) is 10.1. The highest BCUT2D eigenvalue weighted by Gasteiger charge is 2.29. The van der Waals surface area contributed by atoms with Crippen LogP contribution in [0.15, 0.2) is 36.5 Å². The number of nitrogens with one attached hydrogen (secondary N) is 1. The number of aromatic nitrogens is 1. The van der Waals surface area contributed by atoms with Crippen molar-refractivity contribution in [1.82, 2.24) is 10.3 Å². The van der Waals surface area contributed by atoms with Crippen LogP contribution in [0.25, 0.3) is 10.9 Å². The maximum atomic E-state index is 12.4. The Bertz CT molecular complexity index is 689. The van der Waals surface area contributed by atoms with Gasteiger partial charge in [0.1, 0.15) is 6.04 Å². The molecular weight excluding hydrogens is 266 g/mol. The van der Waals surface area contributed by atoms with Crippen molar-refractivity contribution in [3.63, 3.8) is 0 Å². The molecule has 2 amide bonds. The summed E-state index contributed by atoms with van der Waals surface area (Å²) in [5.74, 6) is -0.247. The summed E-state index contributed by atoms with van der Waals surface area (Å²) in [5.41, 5.74) is 6.65. The van der Waals surface area contributed by atoms with E-state index >= 15 is 0 Å². The van der Waals surface area contributed by atoms with Crippen LogP contribution in [0.1, 0.15) is 29.6 Å². The Kier molecular flexibility index (Phi) is 3.56. The van der Waals surface area contributed by atoms with Crippen LogP contribution in [0, 0.1) is 5.92 Å². The second kappa shape index (κ2) is 5.52. The predicted molar refractivity (Wildman–Crippen MR) is 79.5 cm³/mol. The monoisotopic (exact) mass is 283 g/mol. The lowest BCUT2D eigenvalue weighted by Gasteiger charge is -2.15. The maximum Gasteiger partial charge on any atom is 0.252 e. The lowest BCUT2D eigenvalue weighted by Crippen LogP contribution is -2.44. The number of hydrogen-bond donors (Lipinski definition) is 2. The van der Waals surface area contributed by atoms with E-state index in [1.165, 1.54) is 0 Å². The molecule has 3 rings (SSSR count). The average molecular weight is 283 g/mol. The number of para-hydroxylation sites is 1. The summed E-state index contributed by atoms with van der Waals surface area (Å²) in [5, 5.41) is 3.53. The molecule has 1 atom stereocenters. The third-order valence-electron chi connectivity index (χ3n) is 3.81. The minimum Gasteiger partial charge on any atom is -0.368 e. The summed E-state index contributed by atoms with van der Waals surface area (Å²) >= 11 is 0. The quantitative estimate of drug-likeness (QED) is 0.874. The molecule has 3 N–H and O–H groups in total. The number of amides is 2. The number of pyridine rings is 1. The number of benzene rings is 1. The van der Waals surface area contributed by atoms with Gasteiger partial charge in [0.05, 0.1) is 11.1 Å². The third kappa shape index (κ3) is 3.02. The van der Waals surface area contributed by atoms with E-state index in [1.54, 1.807) is 12.3 Å². The Morgan fingerprint density at radius 1 is 1.29 bits per heavy atom. The number of hydrogen-bond acceptors (Lipinski definition) is 3. The van der Waals surface area contributed by atoms with Gasteiger partial charge in [0.2, 0.25) is 5.91 Å². The second-order valence-corrected chi connectivity index (χ2v) is 5.48. The minimum absolute atomic E-state index is 0.280. The van der Waals surface area contributed by atoms with Crippen molar-refractivity contribution in [2.45, 2.75) is 25.3 Å². The standard InChI is InChI=1S/C16H17N3O2/c17-15(20)14(9-10-5-6-10)19-16(21)12-7-8-18-13-4-2-1-3-11(12)13/h1-4,7-8,10,14H,5-6,9H2,(H2,17,20)(H,19,21)/t14-/m0/s1. The molecule has 0 radical (unpaired) electrons. The smallest absolute Gasteiger partial charge is 0.252 e. The Balaban J connectivity index is 1.84. The van der Waals surface area contributed by atoms with Crippen molar-refractivity contribution in [1.29, 1.82) is 0 Å². The third-order valence-corrected chi connectivity index (χ3v) is 3.81. The first kappa shape index (κ1) is 13.5. The first-order valence-electron chi connectivity index (χ1n) is 7.09. The number of rotatable bonds is 5. The first-order valence-corrected chi connectivity index (χ1v) is 7.09. The molecule has 0 unspecified atom stereocenters. The fourth-order valence-corrected chi connectivity index (χ4v) is 2.46. The van der Waals surface area contributed by atoms with Crippen LogP contribution < -0.4 is 11.1 Å². The van der Waals surface area contributed by atoms with Crippen LogP contribution in [0.2, 0.25) is 0 Å². The van der Waals surface area contributed by atoms with Crippen molar-refractivity contribution in [2.24, 2.45) is 11.7 Å². The van der Waals surface area contributed by atoms with E-state index in [0.29, 0.717) is 17.9 Å². The fourth-order valence-electron chi connectivity index (χ4n) is 2.46. The lowest BCUT2D eigenvalue weighted by molar-refractivity contribution is -0.120. The molecular formula is C16H17N3O2. The lowest BCUT2D eigenvalue weighted by atomic mass is 10.1. The number of carbonyl (C=O) groups is 2. The van der Waals surface area contributed by atoms with Crippen molar-refractivity contribution in [2.75, 3.05) is 0 Å². The van der Waals surface area contributed by atoms with Crippen molar-refractivity contribution in [3.05, 3.63) is 42.1 Å². The van der Waals surface area contributed by atoms with Crippen molar-refractivity contribution < 1.29 is 9.59 Å². The largest absolute Gasteiger partial charge is 0.368 e. The summed E-state index contributed by atoms with van der Waals surface area (Å²) in [6, 6.07) is 8.48. The second-order valence-electron chi connectivity index (χ2n) is 5.48. The Morgan fingerprint density at radius 2 is 2.05 bits per heavy atom. The van der Waals surface area contributed by atoms with E-state index in [2.05, 4.69) is 10.3 Å². The summed E-state index contributed by atoms with van der Waals surface area (Å²) in [7, 11) is 0. The molecule has 21 heavy (non-hydrogen) atoms. The average Bonchev–Trinajstić information content (AvgIpc) is 3.29. The van der Waals surface area contributed by atoms with Gasteiger partial charge < -0.3 is 11.1 Å². The Morgan fingerprint density at radius 3 is 2.76 bits per heavy atom. The van der Waals surface area contributed by atoms with Gasteiger partial charge in [-0.2, -0.15) is 0 Å². The summed E-state index contributed by atoms with van der Waals surface area (Å²) in [6.07, 6.45) is 4.44. The van der Waals surface area contributed by atoms with E-state index in [4.69, 9.17) is 5.73 Å². The molecule has 1 saturated carbocycles. The molecule has 5 heteroatoms. The number of fused-ring (bicyclic) bond motifs is 1. The number of primary amides is 1. The predicted octanol–water partition coefficient (Wildman–Crippen LogP) is 1.62. The van der Waals surface area contributed by atoms with Gasteiger partial charge >= 0.3 is 0 Å². The van der Waals surface area contributed by atoms with Gasteiger partial charge in [0, 0.05) is 11.6 Å². The van der Waals surface area contributed by atoms with Gasteiger partial charge in [0.15, 0.2) is 0 Å². The normalized spacial score (nSPS) is 15.6. The molecule has 108 valence electrons. The highest BCUT2D eigenvalue weighted by atomic mass is 16.2. The van der Waals surface area contributed by atoms with Crippen LogP contribution in [0.5, 0.6) is 0 Å². The summed E-state index contributed by atoms with van der Waals surface area (Å²) in [6.45, 7) is 0. The van der Waals surface area contributed by atoms with E-state index in [-0.39, 0.29) is 5.91 Å². The number of carbonyl (C=O) groups excluding carboxylic acids is 2. The number of nitrogens with zero attached hydrogens (tertiary/aromatic N) is 1. The number of nitrogens with two attached hydrogens (primary N) is 1. The van der Waals surface area contributed by atoms with Crippen LogP contribution in [-0.4, -0.2) is 22.8 Å². The zero-order valence-corrected chi connectivity index (χ0v) is 11.6. The van der Waals surface area contributed by atoms with Gasteiger partial charge in [-0.1, -0.05) is 31.0 Å². The molecule has 1 fully saturated rings. The summed E-state index contributed by atoms with van der Waals surface area (Å²) in [4.78, 5) is 28.1. The van der Waals surface area contributed by atoms with Crippen LogP contribution >= 0.6 is 0 Å². The SMILES string of the molecule is NC(=O)[C@H](CC1CC1)NC(=O)c1ccnc2ccccc12. The van der Waals surface area contributed by atoms with E-state index in [9.17, 15) is 9.59 Å². The van der Waals surface area contributed by atoms with Gasteiger partial charge in [-0.25, -0.2) is 0 Å². The molecule has 5 nitrogen and oxygen atoms in total. The molecule has 0 saturated heterocycles. The molecule has 1 heterocycles. The Hall–Kier alpha value is -2.43. The molecule has 0 spiro atoms. The summed E-state index contributed by atoms with van der Waals surface area (Å²) < 4.78 is 0. The molecule has 1 aliphatic carbocycles. The zero-order chi connectivity index (χ0) is 14.8. The Labute approximate surface area is 122 Å². The fraction of sp³-hybridized carbons (Fsp3) is 0.312. The van der Waals surface area contributed by atoms with Gasteiger partial charge in [-0.05, 0) is 24.5 Å². The van der Waals surface area contributed by atoms with Crippen LogP contribution in [0.4, 0.5) is 0 Å². The van der Waals surface area contributed by atoms with Crippen LogP contribution in [0.3, 0.4) is 0 Å². The van der Waals surface area contributed by atoms with Crippen molar-refractivity contribution >= 4 is 22.7 Å². The van der Waals surface area contributed by atoms with Gasteiger partial charge in [0.25, 0.3) is 5.91 Å². The molecule has 0 bridgehead atoms. The topological polar surface area (TPSA) is 85.1 Å². The van der Waals surface area contributed by atoms with E-state index in [0.717, 1.165) is 23.7 Å². The van der Waals surface area contributed by atoms with E-state index < -0.39 is 11.9 Å². The van der Waals surface area contributed by atoms with Gasteiger partial charge in [-0.15, -0.1) is 0 Å².